The minimum absolute atomic E-state index is 0.0432. The van der Waals surface area contributed by atoms with Crippen molar-refractivity contribution in [3.05, 3.63) is 48.3 Å². The van der Waals surface area contributed by atoms with Crippen molar-refractivity contribution >= 4 is 5.95 Å². The van der Waals surface area contributed by atoms with E-state index >= 15 is 0 Å². The number of aromatic nitrogens is 2. The van der Waals surface area contributed by atoms with Crippen LogP contribution >= 0.6 is 0 Å². The molecule has 144 valence electrons. The van der Waals surface area contributed by atoms with Crippen LogP contribution in [0.5, 0.6) is 5.75 Å². The number of anilines is 1. The zero-order valence-electron chi connectivity index (χ0n) is 16.2. The van der Waals surface area contributed by atoms with Crippen LogP contribution in [0.25, 0.3) is 0 Å². The molecule has 0 amide bonds. The molecule has 1 aromatic carbocycles. The Morgan fingerprint density at radius 2 is 2.04 bits per heavy atom. The molecule has 2 fully saturated rings. The number of nitrogens with zero attached hydrogens (tertiary/aromatic N) is 4. The summed E-state index contributed by atoms with van der Waals surface area (Å²) in [5, 5.41) is 0. The number of likely N-dealkylation sites (tertiary alicyclic amines) is 1. The molecule has 2 aromatic rings. The van der Waals surface area contributed by atoms with Crippen molar-refractivity contribution in [2.24, 2.45) is 0 Å². The van der Waals surface area contributed by atoms with Crippen LogP contribution in [0, 0.1) is 0 Å². The fraction of sp³-hybridized carbons (Fsp3) is 0.524. The SMILES string of the molecule is COc1ccc(CN2CCC[C@@]3(C[C@H](N(C)c4ncccn4)CO3)C2)cc1. The average molecular weight is 368 g/mol. The molecule has 0 aliphatic carbocycles. The van der Waals surface area contributed by atoms with E-state index in [4.69, 9.17) is 9.47 Å². The summed E-state index contributed by atoms with van der Waals surface area (Å²) in [7, 11) is 3.77. The van der Waals surface area contributed by atoms with Gasteiger partial charge in [0.2, 0.25) is 5.95 Å². The third-order valence-corrected chi connectivity index (χ3v) is 5.79. The second-order valence-electron chi connectivity index (χ2n) is 7.67. The Balaban J connectivity index is 1.38. The van der Waals surface area contributed by atoms with Crippen molar-refractivity contribution in [3.63, 3.8) is 0 Å². The first kappa shape index (κ1) is 18.2. The maximum atomic E-state index is 6.38. The first-order valence-corrected chi connectivity index (χ1v) is 9.67. The molecule has 4 rings (SSSR count). The molecule has 1 spiro atoms. The molecule has 0 unspecified atom stereocenters. The van der Waals surface area contributed by atoms with Crippen molar-refractivity contribution in [1.82, 2.24) is 14.9 Å². The Morgan fingerprint density at radius 3 is 2.78 bits per heavy atom. The van der Waals surface area contributed by atoms with E-state index in [2.05, 4.69) is 38.9 Å². The van der Waals surface area contributed by atoms with Gasteiger partial charge < -0.3 is 14.4 Å². The Bertz CT molecular complexity index is 740. The van der Waals surface area contributed by atoms with Gasteiger partial charge in [-0.25, -0.2) is 9.97 Å². The van der Waals surface area contributed by atoms with Crippen LogP contribution in [0.15, 0.2) is 42.7 Å². The molecule has 2 atom stereocenters. The van der Waals surface area contributed by atoms with Crippen molar-refractivity contribution in [1.29, 1.82) is 0 Å². The van der Waals surface area contributed by atoms with Crippen molar-refractivity contribution in [2.45, 2.75) is 37.5 Å². The first-order valence-electron chi connectivity index (χ1n) is 9.67. The molecule has 6 heteroatoms. The van der Waals surface area contributed by atoms with Crippen molar-refractivity contribution in [3.8, 4) is 5.75 Å². The molecule has 0 radical (unpaired) electrons. The smallest absolute Gasteiger partial charge is 0.225 e. The number of hydrogen-bond donors (Lipinski definition) is 0. The number of piperidine rings is 1. The third-order valence-electron chi connectivity index (χ3n) is 5.79. The molecule has 0 bridgehead atoms. The predicted molar refractivity (Wildman–Crippen MR) is 105 cm³/mol. The normalized spacial score (nSPS) is 25.6. The zero-order chi connectivity index (χ0) is 18.7. The Morgan fingerprint density at radius 1 is 1.26 bits per heavy atom. The van der Waals surface area contributed by atoms with Gasteiger partial charge in [-0.15, -0.1) is 0 Å². The van der Waals surface area contributed by atoms with Gasteiger partial charge in [0.25, 0.3) is 0 Å². The maximum Gasteiger partial charge on any atom is 0.225 e. The molecular weight excluding hydrogens is 340 g/mol. The molecule has 2 saturated heterocycles. The Labute approximate surface area is 161 Å². The summed E-state index contributed by atoms with van der Waals surface area (Å²) in [5.41, 5.74) is 1.27. The van der Waals surface area contributed by atoms with Gasteiger partial charge in [0, 0.05) is 39.0 Å². The Hall–Kier alpha value is -2.18. The van der Waals surface area contributed by atoms with Gasteiger partial charge in [0.1, 0.15) is 5.75 Å². The number of methoxy groups -OCH3 is 1. The first-order chi connectivity index (χ1) is 13.2. The molecule has 27 heavy (non-hydrogen) atoms. The maximum absolute atomic E-state index is 6.38. The lowest BCUT2D eigenvalue weighted by Gasteiger charge is -2.40. The van der Waals surface area contributed by atoms with E-state index in [0.717, 1.165) is 50.8 Å². The lowest BCUT2D eigenvalue weighted by molar-refractivity contribution is -0.0533. The van der Waals surface area contributed by atoms with Gasteiger partial charge >= 0.3 is 0 Å². The molecule has 1 aromatic heterocycles. The predicted octanol–water partition coefficient (Wildman–Crippen LogP) is 2.75. The van der Waals surface area contributed by atoms with E-state index in [1.165, 1.54) is 12.0 Å². The lowest BCUT2D eigenvalue weighted by atomic mass is 9.88. The van der Waals surface area contributed by atoms with E-state index < -0.39 is 0 Å². The summed E-state index contributed by atoms with van der Waals surface area (Å²) in [4.78, 5) is 13.4. The molecule has 2 aliphatic rings. The number of rotatable bonds is 5. The third kappa shape index (κ3) is 4.06. The van der Waals surface area contributed by atoms with Gasteiger partial charge in [-0.3, -0.25) is 4.90 Å². The van der Waals surface area contributed by atoms with E-state index in [9.17, 15) is 0 Å². The van der Waals surface area contributed by atoms with Crippen LogP contribution in [-0.4, -0.2) is 60.4 Å². The minimum atomic E-state index is -0.0432. The summed E-state index contributed by atoms with van der Waals surface area (Å²) >= 11 is 0. The monoisotopic (exact) mass is 368 g/mol. The zero-order valence-corrected chi connectivity index (χ0v) is 16.2. The van der Waals surface area contributed by atoms with E-state index in [1.54, 1.807) is 19.5 Å². The van der Waals surface area contributed by atoms with Gasteiger partial charge in [-0.05, 0) is 43.1 Å². The second kappa shape index (κ2) is 7.82. The highest BCUT2D eigenvalue weighted by Gasteiger charge is 2.44. The van der Waals surface area contributed by atoms with E-state index in [1.807, 2.05) is 18.2 Å². The molecule has 0 saturated carbocycles. The fourth-order valence-electron chi connectivity index (χ4n) is 4.30. The minimum Gasteiger partial charge on any atom is -0.497 e. The molecule has 3 heterocycles. The quantitative estimate of drug-likeness (QED) is 0.809. The van der Waals surface area contributed by atoms with Gasteiger partial charge in [-0.2, -0.15) is 0 Å². The van der Waals surface area contributed by atoms with Crippen LogP contribution in [0.4, 0.5) is 5.95 Å². The van der Waals surface area contributed by atoms with Crippen LogP contribution in [-0.2, 0) is 11.3 Å². The Kier molecular flexibility index (Phi) is 5.27. The van der Waals surface area contributed by atoms with Crippen molar-refractivity contribution in [2.75, 3.05) is 38.8 Å². The topological polar surface area (TPSA) is 50.7 Å². The highest BCUT2D eigenvalue weighted by atomic mass is 16.5. The van der Waals surface area contributed by atoms with E-state index in [0.29, 0.717) is 6.04 Å². The molecule has 6 nitrogen and oxygen atoms in total. The molecule has 2 aliphatic heterocycles. The van der Waals surface area contributed by atoms with Crippen LogP contribution in [0.1, 0.15) is 24.8 Å². The standard InChI is InChI=1S/C21H28N4O2/c1-24(20-22-10-4-11-23-20)18-13-21(27-15-18)9-3-12-25(16-21)14-17-5-7-19(26-2)8-6-17/h4-8,10-11,18H,3,9,12-16H2,1-2H3/t18-,21+/m0/s1. The highest BCUT2D eigenvalue weighted by Crippen LogP contribution is 2.37. The largest absolute Gasteiger partial charge is 0.497 e. The summed E-state index contributed by atoms with van der Waals surface area (Å²) in [5.74, 6) is 1.68. The second-order valence-corrected chi connectivity index (χ2v) is 7.67. The van der Waals surface area contributed by atoms with Crippen LogP contribution < -0.4 is 9.64 Å². The van der Waals surface area contributed by atoms with Crippen molar-refractivity contribution < 1.29 is 9.47 Å². The van der Waals surface area contributed by atoms with Gasteiger partial charge in [0.05, 0.1) is 25.4 Å². The number of ether oxygens (including phenoxy) is 2. The van der Waals surface area contributed by atoms with Gasteiger partial charge in [0.15, 0.2) is 0 Å². The molecular formula is C21H28N4O2. The van der Waals surface area contributed by atoms with Crippen LogP contribution in [0.2, 0.25) is 0 Å². The number of hydrogen-bond acceptors (Lipinski definition) is 6. The molecule has 0 N–H and O–H groups in total. The lowest BCUT2D eigenvalue weighted by Crippen LogP contribution is -2.48. The summed E-state index contributed by atoms with van der Waals surface area (Å²) in [6, 6.07) is 10.5. The number of benzene rings is 1. The van der Waals surface area contributed by atoms with Gasteiger partial charge in [-0.1, -0.05) is 12.1 Å². The summed E-state index contributed by atoms with van der Waals surface area (Å²) in [6.45, 7) is 3.81. The average Bonchev–Trinajstić information content (AvgIpc) is 3.12. The summed E-state index contributed by atoms with van der Waals surface area (Å²) in [6.07, 6.45) is 6.92. The van der Waals surface area contributed by atoms with Crippen LogP contribution in [0.3, 0.4) is 0 Å². The van der Waals surface area contributed by atoms with E-state index in [-0.39, 0.29) is 5.60 Å². The highest BCUT2D eigenvalue weighted by molar-refractivity contribution is 5.30. The number of likely N-dealkylation sites (N-methyl/N-ethyl adjacent to an activating group) is 1. The fourth-order valence-corrected chi connectivity index (χ4v) is 4.30. The summed E-state index contributed by atoms with van der Waals surface area (Å²) < 4.78 is 11.6.